The van der Waals surface area contributed by atoms with Gasteiger partial charge in [0.15, 0.2) is 0 Å². The predicted molar refractivity (Wildman–Crippen MR) is 76.2 cm³/mol. The van der Waals surface area contributed by atoms with E-state index >= 15 is 0 Å². The van der Waals surface area contributed by atoms with Crippen LogP contribution in [0.15, 0.2) is 53.0 Å². The molecule has 3 rings (SSSR count). The molecule has 1 N–H and O–H groups in total. The predicted octanol–water partition coefficient (Wildman–Crippen LogP) is 4.91. The van der Waals surface area contributed by atoms with Crippen LogP contribution in [0.5, 0.6) is 0 Å². The summed E-state index contributed by atoms with van der Waals surface area (Å²) in [6, 6.07) is 17.0. The van der Waals surface area contributed by atoms with Gasteiger partial charge in [-0.2, -0.15) is 0 Å². The van der Waals surface area contributed by atoms with Crippen molar-refractivity contribution in [2.45, 2.75) is 6.92 Å². The van der Waals surface area contributed by atoms with Crippen LogP contribution in [0.3, 0.4) is 0 Å². The lowest BCUT2D eigenvalue weighted by molar-refractivity contribution is 1.43. The van der Waals surface area contributed by atoms with Gasteiger partial charge >= 0.3 is 0 Å². The monoisotopic (exact) mass is 285 g/mol. The van der Waals surface area contributed by atoms with Gasteiger partial charge in [0.2, 0.25) is 0 Å². The van der Waals surface area contributed by atoms with Gasteiger partial charge in [0.05, 0.1) is 0 Å². The molecule has 0 aliphatic carbocycles. The first-order chi connectivity index (χ1) is 8.22. The lowest BCUT2D eigenvalue weighted by Crippen LogP contribution is -1.76. The highest BCUT2D eigenvalue weighted by Crippen LogP contribution is 2.25. The number of aromatic amines is 1. The minimum absolute atomic E-state index is 1.10. The number of rotatable bonds is 1. The van der Waals surface area contributed by atoms with E-state index in [1.807, 2.05) is 0 Å². The Morgan fingerprint density at radius 1 is 0.941 bits per heavy atom. The first-order valence-corrected chi connectivity index (χ1v) is 6.37. The molecule has 2 heteroatoms. The zero-order chi connectivity index (χ0) is 11.8. The second-order valence-electron chi connectivity index (χ2n) is 4.28. The van der Waals surface area contributed by atoms with Crippen LogP contribution < -0.4 is 0 Å². The fraction of sp³-hybridized carbons (Fsp3) is 0.0667. The van der Waals surface area contributed by atoms with E-state index in [1.165, 1.54) is 22.0 Å². The second kappa shape index (κ2) is 4.04. The van der Waals surface area contributed by atoms with Gasteiger partial charge in [0, 0.05) is 21.1 Å². The lowest BCUT2D eigenvalue weighted by atomic mass is 10.1. The van der Waals surface area contributed by atoms with Crippen LogP contribution in [0.4, 0.5) is 0 Å². The summed E-state index contributed by atoms with van der Waals surface area (Å²) in [7, 11) is 0. The molecular formula is C15H12BrN. The summed E-state index contributed by atoms with van der Waals surface area (Å²) in [4.78, 5) is 3.46. The molecule has 2 aromatic carbocycles. The topological polar surface area (TPSA) is 15.8 Å². The largest absolute Gasteiger partial charge is 0.355 e. The third-order valence-electron chi connectivity index (χ3n) is 2.93. The molecule has 0 aliphatic rings. The quantitative estimate of drug-likeness (QED) is 0.654. The maximum atomic E-state index is 3.46. The zero-order valence-corrected chi connectivity index (χ0v) is 11.1. The standard InChI is InChI=1S/C15H12BrN/c1-10-2-3-12-9-15(17-14(12)8-10)11-4-6-13(16)7-5-11/h2-9,17H,1H3. The van der Waals surface area contributed by atoms with Crippen molar-refractivity contribution in [3.8, 4) is 11.3 Å². The zero-order valence-electron chi connectivity index (χ0n) is 9.50. The van der Waals surface area contributed by atoms with E-state index < -0.39 is 0 Å². The van der Waals surface area contributed by atoms with Crippen molar-refractivity contribution in [2.24, 2.45) is 0 Å². The molecule has 0 saturated carbocycles. The number of fused-ring (bicyclic) bond motifs is 1. The Bertz CT molecular complexity index is 665. The van der Waals surface area contributed by atoms with Gasteiger partial charge in [-0.3, -0.25) is 0 Å². The van der Waals surface area contributed by atoms with E-state index in [0.717, 1.165) is 10.2 Å². The minimum atomic E-state index is 1.10. The third-order valence-corrected chi connectivity index (χ3v) is 3.46. The van der Waals surface area contributed by atoms with E-state index in [0.29, 0.717) is 0 Å². The molecule has 0 aliphatic heterocycles. The van der Waals surface area contributed by atoms with Crippen LogP contribution >= 0.6 is 15.9 Å². The minimum Gasteiger partial charge on any atom is -0.355 e. The Hall–Kier alpha value is -1.54. The Morgan fingerprint density at radius 3 is 2.47 bits per heavy atom. The summed E-state index contributed by atoms with van der Waals surface area (Å²) in [5, 5.41) is 1.26. The Kier molecular flexibility index (Phi) is 2.52. The Morgan fingerprint density at radius 2 is 1.71 bits per heavy atom. The van der Waals surface area contributed by atoms with Gasteiger partial charge in [-0.15, -0.1) is 0 Å². The van der Waals surface area contributed by atoms with Crippen molar-refractivity contribution in [3.63, 3.8) is 0 Å². The molecule has 0 radical (unpaired) electrons. The highest BCUT2D eigenvalue weighted by molar-refractivity contribution is 9.10. The van der Waals surface area contributed by atoms with Crippen molar-refractivity contribution >= 4 is 26.8 Å². The maximum absolute atomic E-state index is 3.46. The highest BCUT2D eigenvalue weighted by atomic mass is 79.9. The van der Waals surface area contributed by atoms with Crippen molar-refractivity contribution in [1.82, 2.24) is 4.98 Å². The first kappa shape index (κ1) is 10.6. The van der Waals surface area contributed by atoms with Crippen LogP contribution in [0.1, 0.15) is 5.56 Å². The van der Waals surface area contributed by atoms with Gasteiger partial charge in [-0.1, -0.05) is 40.2 Å². The van der Waals surface area contributed by atoms with Crippen molar-refractivity contribution in [2.75, 3.05) is 0 Å². The van der Waals surface area contributed by atoms with E-state index in [1.54, 1.807) is 0 Å². The Balaban J connectivity index is 2.14. The van der Waals surface area contributed by atoms with Crippen LogP contribution in [0.2, 0.25) is 0 Å². The smallest absolute Gasteiger partial charge is 0.0464 e. The van der Waals surface area contributed by atoms with Gasteiger partial charge in [-0.25, -0.2) is 0 Å². The van der Waals surface area contributed by atoms with Crippen molar-refractivity contribution in [3.05, 3.63) is 58.6 Å². The number of benzene rings is 2. The van der Waals surface area contributed by atoms with Crippen molar-refractivity contribution in [1.29, 1.82) is 0 Å². The van der Waals surface area contributed by atoms with Gasteiger partial charge in [0.1, 0.15) is 0 Å². The summed E-state index contributed by atoms with van der Waals surface area (Å²) in [5.41, 5.74) is 4.85. The molecule has 17 heavy (non-hydrogen) atoms. The molecule has 0 atom stereocenters. The molecule has 0 bridgehead atoms. The number of aromatic nitrogens is 1. The molecule has 0 fully saturated rings. The van der Waals surface area contributed by atoms with Gasteiger partial charge < -0.3 is 4.98 Å². The molecule has 0 saturated heterocycles. The fourth-order valence-corrected chi connectivity index (χ4v) is 2.29. The molecule has 3 aromatic rings. The number of H-pyrrole nitrogens is 1. The number of hydrogen-bond donors (Lipinski definition) is 1. The summed E-state index contributed by atoms with van der Waals surface area (Å²) in [5.74, 6) is 0. The van der Waals surface area contributed by atoms with Crippen LogP contribution in [0, 0.1) is 6.92 Å². The molecular weight excluding hydrogens is 274 g/mol. The van der Waals surface area contributed by atoms with Gasteiger partial charge in [0.25, 0.3) is 0 Å². The normalized spacial score (nSPS) is 10.9. The van der Waals surface area contributed by atoms with Crippen LogP contribution in [-0.2, 0) is 0 Å². The van der Waals surface area contributed by atoms with Crippen LogP contribution in [-0.4, -0.2) is 4.98 Å². The molecule has 84 valence electrons. The number of aryl methyl sites for hydroxylation is 1. The van der Waals surface area contributed by atoms with E-state index in [2.05, 4.69) is 76.4 Å². The van der Waals surface area contributed by atoms with Crippen LogP contribution in [0.25, 0.3) is 22.2 Å². The number of halogens is 1. The average Bonchev–Trinajstić information content (AvgIpc) is 2.72. The maximum Gasteiger partial charge on any atom is 0.0464 e. The molecule has 0 spiro atoms. The van der Waals surface area contributed by atoms with E-state index in [4.69, 9.17) is 0 Å². The SMILES string of the molecule is Cc1ccc2cc(-c3ccc(Br)cc3)[nH]c2c1. The Labute approximate surface area is 109 Å². The third kappa shape index (κ3) is 2.01. The average molecular weight is 286 g/mol. The van der Waals surface area contributed by atoms with E-state index in [9.17, 15) is 0 Å². The summed E-state index contributed by atoms with van der Waals surface area (Å²) in [6.07, 6.45) is 0. The van der Waals surface area contributed by atoms with Crippen molar-refractivity contribution < 1.29 is 0 Å². The molecule has 1 heterocycles. The molecule has 0 unspecified atom stereocenters. The summed E-state index contributed by atoms with van der Waals surface area (Å²) in [6.45, 7) is 2.11. The highest BCUT2D eigenvalue weighted by Gasteiger charge is 2.03. The number of nitrogens with one attached hydrogen (secondary N) is 1. The molecule has 1 aromatic heterocycles. The van der Waals surface area contributed by atoms with Gasteiger partial charge in [-0.05, 0) is 42.3 Å². The lowest BCUT2D eigenvalue weighted by Gasteiger charge is -1.97. The second-order valence-corrected chi connectivity index (χ2v) is 5.20. The fourth-order valence-electron chi connectivity index (χ4n) is 2.03. The molecule has 0 amide bonds. The first-order valence-electron chi connectivity index (χ1n) is 5.58. The van der Waals surface area contributed by atoms with E-state index in [-0.39, 0.29) is 0 Å². The molecule has 1 nitrogen and oxygen atoms in total. The summed E-state index contributed by atoms with van der Waals surface area (Å²) < 4.78 is 1.10. The summed E-state index contributed by atoms with van der Waals surface area (Å²) >= 11 is 3.45. The number of hydrogen-bond acceptors (Lipinski definition) is 0.